The van der Waals surface area contributed by atoms with E-state index in [2.05, 4.69) is 15.4 Å². The van der Waals surface area contributed by atoms with Crippen LogP contribution >= 0.6 is 11.3 Å². The normalized spacial score (nSPS) is 11.6. The van der Waals surface area contributed by atoms with Crippen LogP contribution in [0.3, 0.4) is 0 Å². The van der Waals surface area contributed by atoms with Crippen molar-refractivity contribution in [1.29, 1.82) is 0 Å². The number of hydrogen-bond acceptors (Lipinski definition) is 6. The molecule has 1 N–H and O–H groups in total. The van der Waals surface area contributed by atoms with E-state index in [1.165, 1.54) is 11.3 Å². The Morgan fingerprint density at radius 3 is 2.75 bits per heavy atom. The van der Waals surface area contributed by atoms with Gasteiger partial charge in [0.25, 0.3) is 0 Å². The lowest BCUT2D eigenvalue weighted by molar-refractivity contribution is -0.384. The Labute approximate surface area is 120 Å². The molecular weight excluding hydrogens is 278 g/mol. The Morgan fingerprint density at radius 2 is 2.25 bits per heavy atom. The lowest BCUT2D eigenvalue weighted by Gasteiger charge is -2.24. The topological polar surface area (TPSA) is 85.9 Å². The van der Waals surface area contributed by atoms with E-state index < -0.39 is 10.5 Å². The summed E-state index contributed by atoms with van der Waals surface area (Å²) < 4.78 is 1.61. The smallest absolute Gasteiger partial charge is 0.333 e. The molecule has 0 aliphatic carbocycles. The van der Waals surface area contributed by atoms with Crippen molar-refractivity contribution in [3.8, 4) is 0 Å². The number of nitrogens with zero attached hydrogens (tertiary/aromatic N) is 4. The Balaban J connectivity index is 2.45. The minimum absolute atomic E-state index is 0.0245. The summed E-state index contributed by atoms with van der Waals surface area (Å²) in [5.74, 6) is 0.426. The summed E-state index contributed by atoms with van der Waals surface area (Å²) in [6.07, 6.45) is 1.72. The average molecular weight is 295 g/mol. The molecule has 0 spiro atoms. The van der Waals surface area contributed by atoms with Gasteiger partial charge in [-0.3, -0.25) is 10.1 Å². The zero-order chi connectivity index (χ0) is 14.9. The van der Waals surface area contributed by atoms with Crippen molar-refractivity contribution in [2.24, 2.45) is 0 Å². The third-order valence-electron chi connectivity index (χ3n) is 2.98. The largest absolute Gasteiger partial charge is 0.353 e. The molecule has 0 atom stereocenters. The lowest BCUT2D eigenvalue weighted by Crippen LogP contribution is -2.29. The molecule has 0 aliphatic rings. The standard InChI is InChI=1S/C12H17N5O2S/c1-5-16-10(9(17(18)19)8(2)15-16)14-12(3,4)11-13-6-7-20-11/h6-7,14H,5H2,1-4H3. The van der Waals surface area contributed by atoms with Crippen LogP contribution in [0.1, 0.15) is 31.5 Å². The Morgan fingerprint density at radius 1 is 1.55 bits per heavy atom. The fourth-order valence-electron chi connectivity index (χ4n) is 2.02. The maximum atomic E-state index is 11.2. The second kappa shape index (κ2) is 5.20. The summed E-state index contributed by atoms with van der Waals surface area (Å²) in [6, 6.07) is 0. The van der Waals surface area contributed by atoms with Crippen LogP contribution in [0.5, 0.6) is 0 Å². The number of aromatic nitrogens is 3. The van der Waals surface area contributed by atoms with Crippen molar-refractivity contribution in [2.45, 2.75) is 39.8 Å². The fraction of sp³-hybridized carbons (Fsp3) is 0.500. The summed E-state index contributed by atoms with van der Waals surface area (Å²) in [5.41, 5.74) is -0.0658. The van der Waals surface area contributed by atoms with Crippen LogP contribution in [0, 0.1) is 17.0 Å². The molecule has 0 fully saturated rings. The van der Waals surface area contributed by atoms with Crippen molar-refractivity contribution < 1.29 is 4.92 Å². The van der Waals surface area contributed by atoms with Gasteiger partial charge in [-0.15, -0.1) is 11.3 Å². The molecule has 0 unspecified atom stereocenters. The highest BCUT2D eigenvalue weighted by molar-refractivity contribution is 7.09. The van der Waals surface area contributed by atoms with Gasteiger partial charge in [0, 0.05) is 18.1 Å². The van der Waals surface area contributed by atoms with E-state index in [-0.39, 0.29) is 5.69 Å². The number of nitro groups is 1. The Kier molecular flexibility index (Phi) is 3.76. The number of rotatable bonds is 5. The molecule has 0 bridgehead atoms. The summed E-state index contributed by atoms with van der Waals surface area (Å²) in [7, 11) is 0. The molecule has 2 heterocycles. The molecule has 7 nitrogen and oxygen atoms in total. The molecule has 0 radical (unpaired) electrons. The zero-order valence-corrected chi connectivity index (χ0v) is 12.7. The quantitative estimate of drug-likeness (QED) is 0.677. The Hall–Kier alpha value is -1.96. The summed E-state index contributed by atoms with van der Waals surface area (Å²) in [5, 5.41) is 21.4. The highest BCUT2D eigenvalue weighted by Gasteiger charge is 2.31. The van der Waals surface area contributed by atoms with Gasteiger partial charge in [-0.2, -0.15) is 5.10 Å². The van der Waals surface area contributed by atoms with Gasteiger partial charge in [-0.05, 0) is 27.7 Å². The zero-order valence-electron chi connectivity index (χ0n) is 11.9. The van der Waals surface area contributed by atoms with Gasteiger partial charge in [-0.25, -0.2) is 9.67 Å². The van der Waals surface area contributed by atoms with Crippen molar-refractivity contribution in [1.82, 2.24) is 14.8 Å². The molecule has 0 aromatic carbocycles. The number of hydrogen-bond donors (Lipinski definition) is 1. The molecule has 8 heteroatoms. The van der Waals surface area contributed by atoms with Crippen LogP contribution < -0.4 is 5.32 Å². The third kappa shape index (κ3) is 2.51. The first-order valence-corrected chi connectivity index (χ1v) is 7.14. The van der Waals surface area contributed by atoms with E-state index in [0.29, 0.717) is 18.1 Å². The number of thiazole rings is 1. The van der Waals surface area contributed by atoms with Gasteiger partial charge >= 0.3 is 5.69 Å². The maximum Gasteiger partial charge on any atom is 0.333 e. The van der Waals surface area contributed by atoms with Crippen molar-refractivity contribution in [2.75, 3.05) is 5.32 Å². The van der Waals surface area contributed by atoms with E-state index in [9.17, 15) is 10.1 Å². The predicted octanol–water partition coefficient (Wildman–Crippen LogP) is 2.92. The van der Waals surface area contributed by atoms with Crippen LogP contribution in [0.4, 0.5) is 11.5 Å². The molecule has 0 saturated heterocycles. The number of aryl methyl sites for hydroxylation is 2. The first-order chi connectivity index (χ1) is 9.36. The van der Waals surface area contributed by atoms with Crippen LogP contribution in [-0.4, -0.2) is 19.7 Å². The van der Waals surface area contributed by atoms with Crippen LogP contribution in [-0.2, 0) is 12.1 Å². The van der Waals surface area contributed by atoms with Crippen molar-refractivity contribution in [3.63, 3.8) is 0 Å². The molecule has 0 aliphatic heterocycles. The van der Waals surface area contributed by atoms with E-state index in [0.717, 1.165) is 5.01 Å². The minimum atomic E-state index is -0.502. The predicted molar refractivity (Wildman–Crippen MR) is 78.1 cm³/mol. The Bertz CT molecular complexity index is 618. The molecule has 2 aromatic rings. The molecular formula is C12H17N5O2S. The lowest BCUT2D eigenvalue weighted by atomic mass is 10.1. The monoisotopic (exact) mass is 295 g/mol. The van der Waals surface area contributed by atoms with Crippen molar-refractivity contribution >= 4 is 22.8 Å². The average Bonchev–Trinajstić information content (AvgIpc) is 2.96. The second-order valence-electron chi connectivity index (χ2n) is 4.94. The van der Waals surface area contributed by atoms with Gasteiger partial charge in [-0.1, -0.05) is 0 Å². The first-order valence-electron chi connectivity index (χ1n) is 6.26. The van der Waals surface area contributed by atoms with Crippen LogP contribution in [0.2, 0.25) is 0 Å². The molecule has 0 saturated carbocycles. The summed E-state index contributed by atoms with van der Waals surface area (Å²) in [6.45, 7) is 7.99. The second-order valence-corrected chi connectivity index (χ2v) is 5.84. The van der Waals surface area contributed by atoms with Gasteiger partial charge in [0.1, 0.15) is 10.7 Å². The maximum absolute atomic E-state index is 11.2. The molecule has 2 rings (SSSR count). The molecule has 20 heavy (non-hydrogen) atoms. The van der Waals surface area contributed by atoms with Gasteiger partial charge in [0.15, 0.2) is 0 Å². The summed E-state index contributed by atoms with van der Waals surface area (Å²) in [4.78, 5) is 15.1. The van der Waals surface area contributed by atoms with Crippen LogP contribution in [0.25, 0.3) is 0 Å². The first kappa shape index (κ1) is 14.4. The molecule has 0 amide bonds. The van der Waals surface area contributed by atoms with E-state index in [1.807, 2.05) is 26.2 Å². The van der Waals surface area contributed by atoms with E-state index >= 15 is 0 Å². The highest BCUT2D eigenvalue weighted by Crippen LogP contribution is 2.34. The number of nitrogens with one attached hydrogen (secondary N) is 1. The van der Waals surface area contributed by atoms with E-state index in [1.54, 1.807) is 17.8 Å². The van der Waals surface area contributed by atoms with Gasteiger partial charge in [0.2, 0.25) is 5.82 Å². The van der Waals surface area contributed by atoms with Gasteiger partial charge < -0.3 is 5.32 Å². The highest BCUT2D eigenvalue weighted by atomic mass is 32.1. The summed E-state index contributed by atoms with van der Waals surface area (Å²) >= 11 is 1.51. The number of anilines is 1. The molecule has 2 aromatic heterocycles. The van der Waals surface area contributed by atoms with Crippen LogP contribution in [0.15, 0.2) is 11.6 Å². The SMILES string of the molecule is CCn1nc(C)c([N+](=O)[O-])c1NC(C)(C)c1nccs1. The van der Waals surface area contributed by atoms with E-state index in [4.69, 9.17) is 0 Å². The fourth-order valence-corrected chi connectivity index (χ4v) is 2.74. The third-order valence-corrected chi connectivity index (χ3v) is 4.07. The van der Waals surface area contributed by atoms with Crippen molar-refractivity contribution in [3.05, 3.63) is 32.4 Å². The van der Waals surface area contributed by atoms with Gasteiger partial charge in [0.05, 0.1) is 10.5 Å². The minimum Gasteiger partial charge on any atom is -0.353 e. The molecule has 108 valence electrons.